The Kier molecular flexibility index (Phi) is 5.07. The lowest BCUT2D eigenvalue weighted by Gasteiger charge is -2.55. The molecule has 0 aromatic carbocycles. The fraction of sp³-hybridized carbons (Fsp3) is 0.727. The highest BCUT2D eigenvalue weighted by atomic mass is 19.4. The SMILES string of the molecule is Cc1cc(C(F)(F)F)c(C)nc1OC1CCC2(CC1)CN(C(=O)C1CC(C)(O)C1)C2. The van der Waals surface area contributed by atoms with Crippen molar-refractivity contribution in [2.24, 2.45) is 11.3 Å². The zero-order chi connectivity index (χ0) is 21.9. The summed E-state index contributed by atoms with van der Waals surface area (Å²) in [6.07, 6.45) is 0.0898. The molecule has 1 saturated heterocycles. The van der Waals surface area contributed by atoms with E-state index in [1.165, 1.54) is 6.92 Å². The van der Waals surface area contributed by atoms with Crippen LogP contribution < -0.4 is 4.74 Å². The van der Waals surface area contributed by atoms with Gasteiger partial charge in [-0.25, -0.2) is 4.98 Å². The van der Waals surface area contributed by atoms with Gasteiger partial charge in [0.05, 0.1) is 16.9 Å². The molecule has 1 amide bonds. The van der Waals surface area contributed by atoms with Gasteiger partial charge in [0.25, 0.3) is 0 Å². The summed E-state index contributed by atoms with van der Waals surface area (Å²) in [4.78, 5) is 18.5. The second-order valence-electron chi connectivity index (χ2n) is 9.85. The number of carbonyl (C=O) groups is 1. The zero-order valence-corrected chi connectivity index (χ0v) is 17.7. The Morgan fingerprint density at radius 2 is 1.83 bits per heavy atom. The van der Waals surface area contributed by atoms with Crippen LogP contribution in [0.1, 0.15) is 62.3 Å². The summed E-state index contributed by atoms with van der Waals surface area (Å²) in [5.74, 6) is 0.392. The third kappa shape index (κ3) is 4.03. The fourth-order valence-electron chi connectivity index (χ4n) is 5.24. The number of aliphatic hydroxyl groups is 1. The highest BCUT2D eigenvalue weighted by Gasteiger charge is 2.51. The molecule has 1 aliphatic heterocycles. The lowest BCUT2D eigenvalue weighted by atomic mass is 9.66. The Morgan fingerprint density at radius 3 is 2.37 bits per heavy atom. The maximum atomic E-state index is 13.0. The second kappa shape index (κ2) is 7.11. The first kappa shape index (κ1) is 21.4. The number of amides is 1. The van der Waals surface area contributed by atoms with Gasteiger partial charge in [-0.1, -0.05) is 0 Å². The second-order valence-corrected chi connectivity index (χ2v) is 9.85. The van der Waals surface area contributed by atoms with Gasteiger partial charge in [-0.2, -0.15) is 13.2 Å². The van der Waals surface area contributed by atoms with Crippen molar-refractivity contribution < 1.29 is 27.8 Å². The van der Waals surface area contributed by atoms with Gasteiger partial charge in [0.15, 0.2) is 0 Å². The Hall–Kier alpha value is -1.83. The van der Waals surface area contributed by atoms with Crippen molar-refractivity contribution in [1.29, 1.82) is 0 Å². The number of hydrogen-bond acceptors (Lipinski definition) is 4. The van der Waals surface area contributed by atoms with Crippen LogP contribution in [0, 0.1) is 25.2 Å². The predicted molar refractivity (Wildman–Crippen MR) is 104 cm³/mol. The molecule has 0 atom stereocenters. The summed E-state index contributed by atoms with van der Waals surface area (Å²) in [5.41, 5.74) is -0.952. The van der Waals surface area contributed by atoms with Crippen LogP contribution in [0.5, 0.6) is 5.88 Å². The minimum absolute atomic E-state index is 0.0472. The van der Waals surface area contributed by atoms with Crippen molar-refractivity contribution in [3.63, 3.8) is 0 Å². The van der Waals surface area contributed by atoms with Crippen molar-refractivity contribution in [1.82, 2.24) is 9.88 Å². The Morgan fingerprint density at radius 1 is 1.23 bits per heavy atom. The van der Waals surface area contributed by atoms with Crippen LogP contribution in [0.3, 0.4) is 0 Å². The van der Waals surface area contributed by atoms with Crippen LogP contribution in [0.4, 0.5) is 13.2 Å². The van der Waals surface area contributed by atoms with Gasteiger partial charge < -0.3 is 14.7 Å². The van der Waals surface area contributed by atoms with Gasteiger partial charge in [0.2, 0.25) is 11.8 Å². The van der Waals surface area contributed by atoms with E-state index in [4.69, 9.17) is 4.74 Å². The molecule has 2 heterocycles. The number of halogens is 3. The van der Waals surface area contributed by atoms with E-state index in [9.17, 15) is 23.1 Å². The monoisotopic (exact) mass is 426 g/mol. The highest BCUT2D eigenvalue weighted by molar-refractivity contribution is 5.81. The highest BCUT2D eigenvalue weighted by Crippen LogP contribution is 2.47. The molecule has 30 heavy (non-hydrogen) atoms. The molecule has 1 spiro atoms. The van der Waals surface area contributed by atoms with Gasteiger partial charge in [0.1, 0.15) is 6.10 Å². The topological polar surface area (TPSA) is 62.7 Å². The number of pyridine rings is 1. The number of alkyl halides is 3. The summed E-state index contributed by atoms with van der Waals surface area (Å²) in [7, 11) is 0. The van der Waals surface area contributed by atoms with Crippen LogP contribution >= 0.6 is 0 Å². The van der Waals surface area contributed by atoms with E-state index in [2.05, 4.69) is 4.98 Å². The number of likely N-dealkylation sites (tertiary alicyclic amines) is 1. The average molecular weight is 426 g/mol. The number of nitrogens with zero attached hydrogens (tertiary/aromatic N) is 2. The van der Waals surface area contributed by atoms with Crippen molar-refractivity contribution >= 4 is 5.91 Å². The first-order valence-electron chi connectivity index (χ1n) is 10.6. The maximum absolute atomic E-state index is 13.0. The summed E-state index contributed by atoms with van der Waals surface area (Å²) in [6.45, 7) is 6.23. The van der Waals surface area contributed by atoms with Crippen LogP contribution in [0.15, 0.2) is 6.07 Å². The minimum Gasteiger partial charge on any atom is -0.474 e. The molecule has 0 bridgehead atoms. The largest absolute Gasteiger partial charge is 0.474 e. The minimum atomic E-state index is -4.42. The number of carbonyl (C=O) groups excluding carboxylic acids is 1. The molecule has 1 aromatic heterocycles. The standard InChI is InChI=1S/C22H29F3N2O3/c1-13-8-17(22(23,24)25)14(2)26-18(13)30-16-4-6-21(7-5-16)11-27(12-21)19(28)15-9-20(3,29)10-15/h8,15-16,29H,4-7,9-12H2,1-3H3. The number of aromatic nitrogens is 1. The van der Waals surface area contributed by atoms with Gasteiger partial charge in [0, 0.05) is 30.0 Å². The number of hydrogen-bond donors (Lipinski definition) is 1. The van der Waals surface area contributed by atoms with E-state index in [-0.39, 0.29) is 34.9 Å². The van der Waals surface area contributed by atoms with Crippen LogP contribution in [-0.2, 0) is 11.0 Å². The van der Waals surface area contributed by atoms with Gasteiger partial charge >= 0.3 is 6.18 Å². The molecular weight excluding hydrogens is 397 g/mol. The number of aryl methyl sites for hydroxylation is 2. The van der Waals surface area contributed by atoms with E-state index in [0.29, 0.717) is 18.4 Å². The van der Waals surface area contributed by atoms with Crippen LogP contribution in [0.2, 0.25) is 0 Å². The molecule has 0 radical (unpaired) electrons. The molecule has 3 fully saturated rings. The van der Waals surface area contributed by atoms with Crippen molar-refractivity contribution in [3.8, 4) is 5.88 Å². The van der Waals surface area contributed by atoms with Crippen molar-refractivity contribution in [2.75, 3.05) is 13.1 Å². The predicted octanol–water partition coefficient (Wildman–Crippen LogP) is 4.03. The molecule has 4 rings (SSSR count). The third-order valence-electron chi connectivity index (χ3n) is 7.02. The third-order valence-corrected chi connectivity index (χ3v) is 7.02. The van der Waals surface area contributed by atoms with E-state index in [1.54, 1.807) is 13.8 Å². The first-order chi connectivity index (χ1) is 13.9. The van der Waals surface area contributed by atoms with Crippen LogP contribution in [0.25, 0.3) is 0 Å². The number of ether oxygens (including phenoxy) is 1. The normalized spacial score (nSPS) is 28.8. The fourth-order valence-corrected chi connectivity index (χ4v) is 5.24. The average Bonchev–Trinajstić information content (AvgIpc) is 2.59. The van der Waals surface area contributed by atoms with E-state index in [1.807, 2.05) is 4.90 Å². The smallest absolute Gasteiger partial charge is 0.418 e. The van der Waals surface area contributed by atoms with E-state index in [0.717, 1.165) is 44.8 Å². The lowest BCUT2D eigenvalue weighted by Crippen LogP contribution is -2.63. The van der Waals surface area contributed by atoms with Crippen molar-refractivity contribution in [3.05, 3.63) is 22.9 Å². The number of rotatable bonds is 3. The van der Waals surface area contributed by atoms with Gasteiger partial charge in [-0.15, -0.1) is 0 Å². The van der Waals surface area contributed by atoms with Crippen LogP contribution in [-0.4, -0.2) is 45.7 Å². The van der Waals surface area contributed by atoms with E-state index < -0.39 is 17.3 Å². The van der Waals surface area contributed by atoms with Gasteiger partial charge in [-0.3, -0.25) is 4.79 Å². The summed E-state index contributed by atoms with van der Waals surface area (Å²) < 4.78 is 45.1. The molecule has 0 unspecified atom stereocenters. The summed E-state index contributed by atoms with van der Waals surface area (Å²) in [6, 6.07) is 1.11. The molecular formula is C22H29F3N2O3. The lowest BCUT2D eigenvalue weighted by molar-refractivity contribution is -0.164. The molecule has 2 saturated carbocycles. The molecule has 1 N–H and O–H groups in total. The first-order valence-corrected chi connectivity index (χ1v) is 10.6. The van der Waals surface area contributed by atoms with Crippen molar-refractivity contribution in [2.45, 2.75) is 77.2 Å². The summed E-state index contributed by atoms with van der Waals surface area (Å²) >= 11 is 0. The molecule has 2 aliphatic carbocycles. The molecule has 5 nitrogen and oxygen atoms in total. The molecule has 166 valence electrons. The molecule has 3 aliphatic rings. The van der Waals surface area contributed by atoms with Gasteiger partial charge in [-0.05, 0) is 65.4 Å². The Labute approximate surface area is 174 Å². The zero-order valence-electron chi connectivity index (χ0n) is 17.7. The quantitative estimate of drug-likeness (QED) is 0.793. The molecule has 1 aromatic rings. The van der Waals surface area contributed by atoms with E-state index >= 15 is 0 Å². The Bertz CT molecular complexity index is 829. The maximum Gasteiger partial charge on any atom is 0.418 e. The molecule has 8 heteroatoms. The Balaban J connectivity index is 1.29. The summed E-state index contributed by atoms with van der Waals surface area (Å²) in [5, 5.41) is 9.84.